The standard InChI is InChI=1S/C24H24FN5O4.C2HF3O2/c1-33-19-12-17(18(25)13-20(19)34-2)21(28-16-10-8-14(9-11-16)22(26)27)24(32)30-29-23(31)15-6-4-3-5-7-15;3-2(4,5)1(6)7/h3-13,21,28H,1-2H3,(H3,26,27)(H,29,31)(H,30,32);(H,6,7). The number of benzene rings is 3. The summed E-state index contributed by atoms with van der Waals surface area (Å²) in [5.41, 5.74) is 11.4. The van der Waals surface area contributed by atoms with E-state index < -0.39 is 35.8 Å². The number of halogens is 4. The fraction of sp³-hybridized carbons (Fsp3) is 0.154. The summed E-state index contributed by atoms with van der Waals surface area (Å²) in [7, 11) is 2.76. The number of carbonyl (C=O) groups excluding carboxylic acids is 2. The zero-order valence-electron chi connectivity index (χ0n) is 21.5. The van der Waals surface area contributed by atoms with Gasteiger partial charge in [-0.15, -0.1) is 0 Å². The summed E-state index contributed by atoms with van der Waals surface area (Å²) in [5, 5.41) is 17.6. The van der Waals surface area contributed by atoms with Gasteiger partial charge in [-0.05, 0) is 42.5 Å². The Morgan fingerprint density at radius 3 is 1.93 bits per heavy atom. The SMILES string of the molecule is COc1cc(F)c(C(Nc2ccc(C(=N)N)cc2)C(=O)NNC(=O)c2ccccc2)cc1OC.O=C(O)C(F)(F)F. The summed E-state index contributed by atoms with van der Waals surface area (Å²) in [6, 6.07) is 15.8. The van der Waals surface area contributed by atoms with Crippen molar-refractivity contribution in [3.63, 3.8) is 0 Å². The number of amides is 2. The number of methoxy groups -OCH3 is 2. The first-order valence-electron chi connectivity index (χ1n) is 11.4. The minimum atomic E-state index is -5.08. The molecule has 41 heavy (non-hydrogen) atoms. The zero-order chi connectivity index (χ0) is 30.7. The maximum Gasteiger partial charge on any atom is 0.490 e. The van der Waals surface area contributed by atoms with Crippen LogP contribution in [0.2, 0.25) is 0 Å². The van der Waals surface area contributed by atoms with Gasteiger partial charge in [0, 0.05) is 28.4 Å². The number of alkyl halides is 3. The van der Waals surface area contributed by atoms with E-state index in [-0.39, 0.29) is 22.9 Å². The highest BCUT2D eigenvalue weighted by atomic mass is 19.4. The molecule has 0 saturated heterocycles. The number of ether oxygens (including phenoxy) is 2. The molecular formula is C26H25F4N5O6. The van der Waals surface area contributed by atoms with Gasteiger partial charge in [-0.1, -0.05) is 18.2 Å². The molecule has 0 saturated carbocycles. The lowest BCUT2D eigenvalue weighted by Gasteiger charge is -2.22. The van der Waals surface area contributed by atoms with Crippen molar-refractivity contribution in [3.05, 3.63) is 89.2 Å². The molecule has 0 aromatic heterocycles. The molecule has 0 spiro atoms. The number of aliphatic carboxylic acids is 1. The number of nitrogens with two attached hydrogens (primary N) is 1. The number of hydrogen-bond donors (Lipinski definition) is 6. The van der Waals surface area contributed by atoms with E-state index in [2.05, 4.69) is 16.2 Å². The Hall–Kier alpha value is -5.34. The third-order valence-corrected chi connectivity index (χ3v) is 5.16. The van der Waals surface area contributed by atoms with E-state index in [1.165, 1.54) is 20.3 Å². The molecular weight excluding hydrogens is 554 g/mol. The second-order valence-corrected chi connectivity index (χ2v) is 7.91. The maximum atomic E-state index is 15.0. The Kier molecular flexibility index (Phi) is 11.0. The van der Waals surface area contributed by atoms with Crippen LogP contribution in [0, 0.1) is 11.2 Å². The largest absolute Gasteiger partial charge is 0.493 e. The molecule has 3 aromatic rings. The second-order valence-electron chi connectivity index (χ2n) is 7.91. The van der Waals surface area contributed by atoms with E-state index in [0.29, 0.717) is 16.8 Å². The predicted octanol–water partition coefficient (Wildman–Crippen LogP) is 3.37. The number of carboxylic acid groups (broad SMARTS) is 1. The normalized spacial score (nSPS) is 11.2. The molecule has 0 fully saturated rings. The van der Waals surface area contributed by atoms with Crippen molar-refractivity contribution < 1.29 is 46.5 Å². The molecule has 0 radical (unpaired) electrons. The third-order valence-electron chi connectivity index (χ3n) is 5.16. The summed E-state index contributed by atoms with van der Waals surface area (Å²) in [6.07, 6.45) is -5.08. The van der Waals surface area contributed by atoms with E-state index in [0.717, 1.165) is 6.07 Å². The quantitative estimate of drug-likeness (QED) is 0.102. The van der Waals surface area contributed by atoms with Crippen LogP contribution in [0.3, 0.4) is 0 Å². The molecule has 218 valence electrons. The van der Waals surface area contributed by atoms with Crippen LogP contribution in [-0.4, -0.2) is 49.1 Å². The van der Waals surface area contributed by atoms with Crippen molar-refractivity contribution in [3.8, 4) is 11.5 Å². The van der Waals surface area contributed by atoms with E-state index in [4.69, 9.17) is 30.5 Å². The van der Waals surface area contributed by atoms with Crippen molar-refractivity contribution >= 4 is 29.3 Å². The summed E-state index contributed by atoms with van der Waals surface area (Å²) in [5.74, 6) is -4.48. The molecule has 0 aliphatic heterocycles. The molecule has 0 aliphatic rings. The van der Waals surface area contributed by atoms with Crippen molar-refractivity contribution in [2.24, 2.45) is 5.73 Å². The number of amidine groups is 1. The average Bonchev–Trinajstić information content (AvgIpc) is 2.95. The molecule has 1 atom stereocenters. The van der Waals surface area contributed by atoms with Gasteiger partial charge in [-0.25, -0.2) is 9.18 Å². The third kappa shape index (κ3) is 9.12. The Balaban J connectivity index is 0.000000745. The number of nitrogens with one attached hydrogen (secondary N) is 4. The molecule has 15 heteroatoms. The fourth-order valence-electron chi connectivity index (χ4n) is 3.14. The lowest BCUT2D eigenvalue weighted by molar-refractivity contribution is -0.192. The number of carboxylic acids is 1. The first kappa shape index (κ1) is 31.9. The predicted molar refractivity (Wildman–Crippen MR) is 139 cm³/mol. The number of anilines is 1. The molecule has 0 heterocycles. The minimum Gasteiger partial charge on any atom is -0.493 e. The van der Waals surface area contributed by atoms with E-state index in [1.807, 2.05) is 0 Å². The summed E-state index contributed by atoms with van der Waals surface area (Å²) in [4.78, 5) is 34.3. The zero-order valence-corrected chi connectivity index (χ0v) is 21.5. The van der Waals surface area contributed by atoms with Crippen LogP contribution in [0.1, 0.15) is 27.5 Å². The monoisotopic (exact) mass is 579 g/mol. The van der Waals surface area contributed by atoms with Crippen LogP contribution in [0.4, 0.5) is 23.2 Å². The van der Waals surface area contributed by atoms with Crippen LogP contribution in [0.15, 0.2) is 66.7 Å². The van der Waals surface area contributed by atoms with Crippen molar-refractivity contribution in [2.45, 2.75) is 12.2 Å². The van der Waals surface area contributed by atoms with Gasteiger partial charge in [-0.2, -0.15) is 13.2 Å². The Bertz CT molecular complexity index is 1390. The highest BCUT2D eigenvalue weighted by molar-refractivity contribution is 5.97. The molecule has 3 rings (SSSR count). The number of hydrazine groups is 1. The lowest BCUT2D eigenvalue weighted by Crippen LogP contribution is -2.45. The van der Waals surface area contributed by atoms with Gasteiger partial charge < -0.3 is 25.6 Å². The van der Waals surface area contributed by atoms with Gasteiger partial charge >= 0.3 is 12.1 Å². The first-order chi connectivity index (χ1) is 19.3. The van der Waals surface area contributed by atoms with Gasteiger partial charge in [0.25, 0.3) is 11.8 Å². The highest BCUT2D eigenvalue weighted by Crippen LogP contribution is 2.34. The average molecular weight is 580 g/mol. The van der Waals surface area contributed by atoms with E-state index in [9.17, 15) is 22.8 Å². The van der Waals surface area contributed by atoms with Crippen molar-refractivity contribution in [1.82, 2.24) is 10.9 Å². The molecule has 7 N–H and O–H groups in total. The van der Waals surface area contributed by atoms with Crippen LogP contribution < -0.4 is 31.4 Å². The fourth-order valence-corrected chi connectivity index (χ4v) is 3.14. The van der Waals surface area contributed by atoms with Crippen molar-refractivity contribution in [1.29, 1.82) is 5.41 Å². The number of nitrogen functional groups attached to an aromatic ring is 1. The lowest BCUT2D eigenvalue weighted by atomic mass is 10.0. The van der Waals surface area contributed by atoms with Crippen LogP contribution in [0.25, 0.3) is 0 Å². The Morgan fingerprint density at radius 2 is 1.44 bits per heavy atom. The van der Waals surface area contributed by atoms with E-state index >= 15 is 4.39 Å². The first-order valence-corrected chi connectivity index (χ1v) is 11.4. The smallest absolute Gasteiger partial charge is 0.490 e. The van der Waals surface area contributed by atoms with Crippen molar-refractivity contribution in [2.75, 3.05) is 19.5 Å². The minimum absolute atomic E-state index is 0.0419. The van der Waals surface area contributed by atoms with Crippen LogP contribution in [-0.2, 0) is 9.59 Å². The second kappa shape index (κ2) is 14.2. The van der Waals surface area contributed by atoms with Gasteiger partial charge in [0.1, 0.15) is 17.7 Å². The topological polar surface area (TPSA) is 176 Å². The number of carbonyl (C=O) groups is 3. The molecule has 1 unspecified atom stereocenters. The highest BCUT2D eigenvalue weighted by Gasteiger charge is 2.38. The number of rotatable bonds is 8. The molecule has 2 amide bonds. The summed E-state index contributed by atoms with van der Waals surface area (Å²) in [6.45, 7) is 0. The van der Waals surface area contributed by atoms with Gasteiger partial charge in [-0.3, -0.25) is 25.8 Å². The summed E-state index contributed by atoms with van der Waals surface area (Å²) >= 11 is 0. The molecule has 11 nitrogen and oxygen atoms in total. The van der Waals surface area contributed by atoms with Crippen LogP contribution >= 0.6 is 0 Å². The molecule has 3 aromatic carbocycles. The van der Waals surface area contributed by atoms with Gasteiger partial charge in [0.2, 0.25) is 0 Å². The van der Waals surface area contributed by atoms with Gasteiger partial charge in [0.15, 0.2) is 11.5 Å². The number of hydrogen-bond acceptors (Lipinski definition) is 7. The molecule has 0 bridgehead atoms. The Morgan fingerprint density at radius 1 is 0.902 bits per heavy atom. The Labute approximate surface area is 230 Å². The summed E-state index contributed by atoms with van der Waals surface area (Å²) < 4.78 is 57.1. The van der Waals surface area contributed by atoms with Crippen LogP contribution in [0.5, 0.6) is 11.5 Å². The molecule has 0 aliphatic carbocycles. The van der Waals surface area contributed by atoms with Gasteiger partial charge in [0.05, 0.1) is 14.2 Å². The maximum absolute atomic E-state index is 15.0. The van der Waals surface area contributed by atoms with E-state index in [1.54, 1.807) is 54.6 Å².